The number of alkyl halides is 3. The fraction of sp³-hybridized carbons (Fsp3) is 0.583. The van der Waals surface area contributed by atoms with Gasteiger partial charge in [0, 0.05) is 19.2 Å². The number of carbonyl (C=O) groups is 1. The lowest BCUT2D eigenvalue weighted by Crippen LogP contribution is -2.39. The molecular weight excluding hydrogens is 287 g/mol. The Morgan fingerprint density at radius 1 is 1.29 bits per heavy atom. The lowest BCUT2D eigenvalue weighted by molar-refractivity contribution is -0.144. The van der Waals surface area contributed by atoms with Gasteiger partial charge in [0.25, 0.3) is 0 Å². The van der Waals surface area contributed by atoms with E-state index in [2.05, 4.69) is 15.3 Å². The third kappa shape index (κ3) is 4.20. The Morgan fingerprint density at radius 2 is 1.95 bits per heavy atom. The number of likely N-dealkylation sites (tertiary alicyclic amines) is 1. The molecule has 1 fully saturated rings. The average molecular weight is 303 g/mol. The van der Waals surface area contributed by atoms with Gasteiger partial charge in [-0.3, -0.25) is 4.79 Å². The lowest BCUT2D eigenvalue weighted by atomic mass is 10.1. The van der Waals surface area contributed by atoms with Crippen LogP contribution < -0.4 is 11.1 Å². The Labute approximate surface area is 119 Å². The van der Waals surface area contributed by atoms with E-state index in [1.807, 2.05) is 0 Å². The molecule has 0 bridgehead atoms. The quantitative estimate of drug-likeness (QED) is 0.884. The molecule has 0 aliphatic carbocycles. The molecule has 0 radical (unpaired) electrons. The number of halogens is 3. The minimum atomic E-state index is -4.68. The van der Waals surface area contributed by atoms with Crippen molar-refractivity contribution in [3.63, 3.8) is 0 Å². The van der Waals surface area contributed by atoms with Gasteiger partial charge in [-0.15, -0.1) is 0 Å². The van der Waals surface area contributed by atoms with Gasteiger partial charge in [0.2, 0.25) is 11.7 Å². The molecule has 3 N–H and O–H groups in total. The van der Waals surface area contributed by atoms with Crippen molar-refractivity contribution in [2.45, 2.75) is 25.4 Å². The second kappa shape index (κ2) is 6.15. The van der Waals surface area contributed by atoms with Gasteiger partial charge in [0.1, 0.15) is 11.6 Å². The van der Waals surface area contributed by atoms with Crippen molar-refractivity contribution in [3.05, 3.63) is 11.9 Å². The van der Waals surface area contributed by atoms with Crippen LogP contribution in [0, 0.1) is 0 Å². The van der Waals surface area contributed by atoms with Crippen molar-refractivity contribution in [1.82, 2.24) is 14.9 Å². The molecule has 0 spiro atoms. The molecular formula is C12H16F3N5O. The van der Waals surface area contributed by atoms with Crippen molar-refractivity contribution in [1.29, 1.82) is 0 Å². The summed E-state index contributed by atoms with van der Waals surface area (Å²) in [4.78, 5) is 20.0. The van der Waals surface area contributed by atoms with E-state index in [4.69, 9.17) is 5.73 Å². The number of hydrogen-bond donors (Lipinski definition) is 2. The van der Waals surface area contributed by atoms with Crippen molar-refractivity contribution in [2.24, 2.45) is 0 Å². The van der Waals surface area contributed by atoms with Crippen LogP contribution in [-0.2, 0) is 11.0 Å². The third-order valence-electron chi connectivity index (χ3n) is 3.13. The highest BCUT2D eigenvalue weighted by atomic mass is 19.4. The second-order valence-electron chi connectivity index (χ2n) is 4.79. The molecule has 1 aromatic rings. The fourth-order valence-electron chi connectivity index (χ4n) is 2.10. The number of rotatable bonds is 3. The highest BCUT2D eigenvalue weighted by Gasteiger charge is 2.35. The standard InChI is InChI=1S/C12H16F3N5O/c13-12(14,15)11-18-8(16)6-9(19-11)17-7-10(21)20-4-2-1-3-5-20/h6H,1-5,7H2,(H3,16,17,18,19). The van der Waals surface area contributed by atoms with E-state index in [1.165, 1.54) is 6.07 Å². The Hall–Kier alpha value is -2.06. The first-order valence-corrected chi connectivity index (χ1v) is 6.59. The van der Waals surface area contributed by atoms with Crippen molar-refractivity contribution in [2.75, 3.05) is 30.7 Å². The number of nitrogens with one attached hydrogen (secondary N) is 1. The molecule has 1 amide bonds. The van der Waals surface area contributed by atoms with Crippen molar-refractivity contribution >= 4 is 17.5 Å². The maximum absolute atomic E-state index is 12.6. The number of amides is 1. The zero-order chi connectivity index (χ0) is 15.5. The summed E-state index contributed by atoms with van der Waals surface area (Å²) in [5.41, 5.74) is 5.32. The molecule has 6 nitrogen and oxygen atoms in total. The maximum atomic E-state index is 12.6. The molecule has 1 aromatic heterocycles. The number of hydrogen-bond acceptors (Lipinski definition) is 5. The predicted octanol–water partition coefficient (Wildman–Crippen LogP) is 1.50. The van der Waals surface area contributed by atoms with Crippen LogP contribution in [0.4, 0.5) is 24.8 Å². The molecule has 0 atom stereocenters. The van der Waals surface area contributed by atoms with Gasteiger partial charge >= 0.3 is 6.18 Å². The molecule has 0 unspecified atom stereocenters. The number of nitrogen functional groups attached to an aromatic ring is 1. The van der Waals surface area contributed by atoms with Crippen LogP contribution in [-0.4, -0.2) is 40.4 Å². The summed E-state index contributed by atoms with van der Waals surface area (Å²) in [7, 11) is 0. The normalized spacial score (nSPS) is 15.9. The number of anilines is 2. The van der Waals surface area contributed by atoms with Gasteiger partial charge in [0.15, 0.2) is 0 Å². The molecule has 1 saturated heterocycles. The minimum Gasteiger partial charge on any atom is -0.384 e. The summed E-state index contributed by atoms with van der Waals surface area (Å²) in [5.74, 6) is -1.90. The summed E-state index contributed by atoms with van der Waals surface area (Å²) in [6, 6.07) is 1.17. The summed E-state index contributed by atoms with van der Waals surface area (Å²) in [6.45, 7) is 1.24. The van der Waals surface area contributed by atoms with E-state index >= 15 is 0 Å². The van der Waals surface area contributed by atoms with Gasteiger partial charge < -0.3 is 16.0 Å². The first-order chi connectivity index (χ1) is 9.86. The van der Waals surface area contributed by atoms with E-state index in [0.717, 1.165) is 19.3 Å². The minimum absolute atomic E-state index is 0.111. The predicted molar refractivity (Wildman–Crippen MR) is 70.4 cm³/mol. The summed E-state index contributed by atoms with van der Waals surface area (Å²) in [6.07, 6.45) is -1.69. The van der Waals surface area contributed by atoms with Gasteiger partial charge in [-0.05, 0) is 19.3 Å². The Morgan fingerprint density at radius 3 is 2.57 bits per heavy atom. The Bertz CT molecular complexity index is 514. The highest BCUT2D eigenvalue weighted by Crippen LogP contribution is 2.27. The number of aromatic nitrogens is 2. The number of nitrogens with zero attached hydrogens (tertiary/aromatic N) is 3. The smallest absolute Gasteiger partial charge is 0.384 e. The van der Waals surface area contributed by atoms with E-state index < -0.39 is 12.0 Å². The summed E-state index contributed by atoms with van der Waals surface area (Å²) < 4.78 is 37.7. The van der Waals surface area contributed by atoms with Crippen LogP contribution in [0.25, 0.3) is 0 Å². The second-order valence-corrected chi connectivity index (χ2v) is 4.79. The molecule has 1 aliphatic heterocycles. The van der Waals surface area contributed by atoms with E-state index in [0.29, 0.717) is 13.1 Å². The van der Waals surface area contributed by atoms with Crippen molar-refractivity contribution in [3.8, 4) is 0 Å². The number of carbonyl (C=O) groups excluding carboxylic acids is 1. The molecule has 116 valence electrons. The first-order valence-electron chi connectivity index (χ1n) is 6.59. The van der Waals surface area contributed by atoms with E-state index in [1.54, 1.807) is 4.90 Å². The van der Waals surface area contributed by atoms with Crippen LogP contribution >= 0.6 is 0 Å². The third-order valence-corrected chi connectivity index (χ3v) is 3.13. The van der Waals surface area contributed by atoms with Crippen LogP contribution in [0.5, 0.6) is 0 Å². The SMILES string of the molecule is Nc1cc(NCC(=O)N2CCCCC2)nc(C(F)(F)F)n1. The lowest BCUT2D eigenvalue weighted by Gasteiger charge is -2.26. The van der Waals surface area contributed by atoms with Crippen LogP contribution in [0.15, 0.2) is 6.07 Å². The van der Waals surface area contributed by atoms with Gasteiger partial charge in [-0.2, -0.15) is 13.2 Å². The topological polar surface area (TPSA) is 84.1 Å². The van der Waals surface area contributed by atoms with Crippen LogP contribution in [0.3, 0.4) is 0 Å². The van der Waals surface area contributed by atoms with Crippen LogP contribution in [0.1, 0.15) is 25.1 Å². The molecule has 2 heterocycles. The monoisotopic (exact) mass is 303 g/mol. The molecule has 0 aromatic carbocycles. The van der Waals surface area contributed by atoms with Gasteiger partial charge in [0.05, 0.1) is 6.54 Å². The summed E-state index contributed by atoms with van der Waals surface area (Å²) in [5, 5.41) is 2.57. The number of nitrogens with two attached hydrogens (primary N) is 1. The Balaban J connectivity index is 1.99. The molecule has 0 saturated carbocycles. The zero-order valence-corrected chi connectivity index (χ0v) is 11.3. The molecule has 2 rings (SSSR count). The maximum Gasteiger partial charge on any atom is 0.451 e. The molecule has 1 aliphatic rings. The van der Waals surface area contributed by atoms with Crippen molar-refractivity contribution < 1.29 is 18.0 Å². The highest BCUT2D eigenvalue weighted by molar-refractivity contribution is 5.80. The van der Waals surface area contributed by atoms with E-state index in [-0.39, 0.29) is 24.1 Å². The molecule has 9 heteroatoms. The Kier molecular flexibility index (Phi) is 4.49. The van der Waals surface area contributed by atoms with Crippen LogP contribution in [0.2, 0.25) is 0 Å². The zero-order valence-electron chi connectivity index (χ0n) is 11.3. The average Bonchev–Trinajstić information content (AvgIpc) is 2.44. The largest absolute Gasteiger partial charge is 0.451 e. The van der Waals surface area contributed by atoms with Gasteiger partial charge in [-0.25, -0.2) is 9.97 Å². The summed E-state index contributed by atoms with van der Waals surface area (Å²) >= 11 is 0. The van der Waals surface area contributed by atoms with Gasteiger partial charge in [-0.1, -0.05) is 0 Å². The number of piperidine rings is 1. The van der Waals surface area contributed by atoms with E-state index in [9.17, 15) is 18.0 Å². The molecule has 21 heavy (non-hydrogen) atoms. The first kappa shape index (κ1) is 15.3. The fourth-order valence-corrected chi connectivity index (χ4v) is 2.10.